The minimum atomic E-state index is -4.73. The van der Waals surface area contributed by atoms with Crippen molar-refractivity contribution < 1.29 is 27.4 Å². The summed E-state index contributed by atoms with van der Waals surface area (Å²) in [5.41, 5.74) is 9.48. The summed E-state index contributed by atoms with van der Waals surface area (Å²) in [4.78, 5) is 12.3. The number of hydrogen-bond acceptors (Lipinski definition) is 7. The SMILES string of the molecule is COC(=O)/C(NN)=C(/N)Sc1ccc(-c2ccc(OC(F)(F)F)cc2)cc1. The van der Waals surface area contributed by atoms with E-state index in [2.05, 4.69) is 14.9 Å². The number of rotatable bonds is 6. The number of alkyl halides is 3. The van der Waals surface area contributed by atoms with Crippen molar-refractivity contribution in [1.82, 2.24) is 5.43 Å². The smallest absolute Gasteiger partial charge is 0.464 e. The molecule has 0 atom stereocenters. The predicted octanol–water partition coefficient (Wildman–Crippen LogP) is 3.11. The molecule has 0 aliphatic carbocycles. The van der Waals surface area contributed by atoms with Gasteiger partial charge in [0.25, 0.3) is 0 Å². The van der Waals surface area contributed by atoms with Gasteiger partial charge in [-0.25, -0.2) is 4.79 Å². The molecule has 0 aliphatic heterocycles. The van der Waals surface area contributed by atoms with Gasteiger partial charge >= 0.3 is 12.3 Å². The zero-order valence-corrected chi connectivity index (χ0v) is 14.9. The maximum Gasteiger partial charge on any atom is 0.573 e. The first-order valence-electron chi connectivity index (χ1n) is 7.42. The van der Waals surface area contributed by atoms with E-state index in [4.69, 9.17) is 11.6 Å². The quantitative estimate of drug-likeness (QED) is 0.226. The van der Waals surface area contributed by atoms with Gasteiger partial charge in [-0.15, -0.1) is 13.2 Å². The molecule has 2 rings (SSSR count). The highest BCUT2D eigenvalue weighted by Gasteiger charge is 2.30. The zero-order valence-electron chi connectivity index (χ0n) is 14.0. The van der Waals surface area contributed by atoms with Crippen molar-refractivity contribution in [3.8, 4) is 16.9 Å². The Labute approximate surface area is 157 Å². The number of nitrogens with two attached hydrogens (primary N) is 2. The summed E-state index contributed by atoms with van der Waals surface area (Å²) >= 11 is 1.10. The maximum absolute atomic E-state index is 12.2. The molecule has 0 amide bonds. The van der Waals surface area contributed by atoms with Crippen molar-refractivity contribution in [3.05, 3.63) is 59.3 Å². The molecule has 0 aliphatic rings. The Kier molecular flexibility index (Phi) is 6.59. The molecule has 0 fully saturated rings. The van der Waals surface area contributed by atoms with Crippen LogP contribution in [0.3, 0.4) is 0 Å². The van der Waals surface area contributed by atoms with Crippen molar-refractivity contribution in [1.29, 1.82) is 0 Å². The molecule has 0 radical (unpaired) electrons. The first-order chi connectivity index (χ1) is 12.7. The van der Waals surface area contributed by atoms with E-state index in [1.807, 2.05) is 0 Å². The van der Waals surface area contributed by atoms with E-state index < -0.39 is 12.3 Å². The van der Waals surface area contributed by atoms with Crippen LogP contribution in [-0.2, 0) is 9.53 Å². The van der Waals surface area contributed by atoms with Gasteiger partial charge in [-0.3, -0.25) is 5.84 Å². The number of ether oxygens (including phenoxy) is 2. The molecular weight excluding hydrogens is 383 g/mol. The van der Waals surface area contributed by atoms with E-state index in [9.17, 15) is 18.0 Å². The van der Waals surface area contributed by atoms with Crippen molar-refractivity contribution in [2.45, 2.75) is 11.3 Å². The summed E-state index contributed by atoms with van der Waals surface area (Å²) in [5.74, 6) is 4.29. The topological polar surface area (TPSA) is 99.6 Å². The molecule has 2 aromatic rings. The van der Waals surface area contributed by atoms with E-state index in [1.165, 1.54) is 31.4 Å². The van der Waals surface area contributed by atoms with Crippen LogP contribution >= 0.6 is 11.8 Å². The monoisotopic (exact) mass is 399 g/mol. The van der Waals surface area contributed by atoms with Gasteiger partial charge in [0, 0.05) is 4.90 Å². The number of carbonyl (C=O) groups is 1. The Balaban J connectivity index is 2.13. The molecule has 0 aromatic heterocycles. The highest BCUT2D eigenvalue weighted by atomic mass is 32.2. The van der Waals surface area contributed by atoms with E-state index in [-0.39, 0.29) is 16.5 Å². The number of carbonyl (C=O) groups excluding carboxylic acids is 1. The van der Waals surface area contributed by atoms with Crippen LogP contribution in [0.15, 0.2) is 64.2 Å². The average Bonchev–Trinajstić information content (AvgIpc) is 2.62. The first kappa shape index (κ1) is 20.5. The third-order valence-electron chi connectivity index (χ3n) is 3.28. The average molecular weight is 399 g/mol. The number of benzene rings is 2. The van der Waals surface area contributed by atoms with Crippen molar-refractivity contribution in [2.75, 3.05) is 7.11 Å². The molecular formula is C17H16F3N3O3S. The Morgan fingerprint density at radius 2 is 1.56 bits per heavy atom. The van der Waals surface area contributed by atoms with E-state index in [0.29, 0.717) is 5.56 Å². The Morgan fingerprint density at radius 3 is 2.00 bits per heavy atom. The van der Waals surface area contributed by atoms with Gasteiger partial charge in [-0.1, -0.05) is 36.0 Å². The Hall–Kier alpha value is -2.85. The molecule has 0 heterocycles. The summed E-state index contributed by atoms with van der Waals surface area (Å²) in [6, 6.07) is 12.5. The fraction of sp³-hybridized carbons (Fsp3) is 0.118. The second-order valence-electron chi connectivity index (χ2n) is 5.07. The predicted molar refractivity (Wildman–Crippen MR) is 95.0 cm³/mol. The molecule has 0 bridgehead atoms. The van der Waals surface area contributed by atoms with Gasteiger partial charge in [0.05, 0.1) is 7.11 Å². The van der Waals surface area contributed by atoms with Gasteiger partial charge in [-0.05, 0) is 35.4 Å². The standard InChI is InChI=1S/C17H16F3N3O3S/c1-25-16(24)14(23-22)15(21)27-13-8-4-11(5-9-13)10-2-6-12(7-3-10)26-17(18,19)20/h2-9,23H,21-22H2,1H3/b15-14+. The molecule has 0 spiro atoms. The summed E-state index contributed by atoms with van der Waals surface area (Å²) < 4.78 is 45.0. The van der Waals surface area contributed by atoms with Gasteiger partial charge in [0.15, 0.2) is 5.70 Å². The molecule has 27 heavy (non-hydrogen) atoms. The number of thioether (sulfide) groups is 1. The van der Waals surface area contributed by atoms with Crippen LogP contribution in [0, 0.1) is 0 Å². The number of nitrogens with one attached hydrogen (secondary N) is 1. The van der Waals surface area contributed by atoms with Crippen molar-refractivity contribution in [2.24, 2.45) is 11.6 Å². The third-order valence-corrected chi connectivity index (χ3v) is 4.22. The Morgan fingerprint density at radius 1 is 1.04 bits per heavy atom. The normalized spacial score (nSPS) is 12.2. The summed E-state index contributed by atoms with van der Waals surface area (Å²) in [5, 5.41) is 0.130. The summed E-state index contributed by atoms with van der Waals surface area (Å²) in [6.45, 7) is 0. The molecule has 0 saturated heterocycles. The van der Waals surface area contributed by atoms with Crippen LogP contribution in [0.4, 0.5) is 13.2 Å². The molecule has 6 nitrogen and oxygen atoms in total. The van der Waals surface area contributed by atoms with Crippen molar-refractivity contribution >= 4 is 17.7 Å². The Bertz CT molecular complexity index is 822. The molecule has 0 saturated carbocycles. The van der Waals surface area contributed by atoms with Gasteiger partial charge in [0.1, 0.15) is 10.8 Å². The largest absolute Gasteiger partial charge is 0.573 e. The number of halogens is 3. The number of hydrazine groups is 1. The highest BCUT2D eigenvalue weighted by molar-refractivity contribution is 8.03. The van der Waals surface area contributed by atoms with Gasteiger partial charge in [0.2, 0.25) is 0 Å². The molecule has 5 N–H and O–H groups in total. The van der Waals surface area contributed by atoms with Gasteiger partial charge < -0.3 is 20.6 Å². The minimum Gasteiger partial charge on any atom is -0.464 e. The lowest BCUT2D eigenvalue weighted by atomic mass is 10.1. The first-order valence-corrected chi connectivity index (χ1v) is 8.24. The molecule has 2 aromatic carbocycles. The van der Waals surface area contributed by atoms with E-state index >= 15 is 0 Å². The van der Waals surface area contributed by atoms with E-state index in [1.54, 1.807) is 24.3 Å². The van der Waals surface area contributed by atoms with Gasteiger partial charge in [-0.2, -0.15) is 0 Å². The molecule has 0 unspecified atom stereocenters. The fourth-order valence-corrected chi connectivity index (χ4v) is 2.85. The second kappa shape index (κ2) is 8.69. The second-order valence-corrected chi connectivity index (χ2v) is 6.19. The number of hydrogen-bond donors (Lipinski definition) is 3. The zero-order chi connectivity index (χ0) is 20.0. The fourth-order valence-electron chi connectivity index (χ4n) is 2.08. The summed E-state index contributed by atoms with van der Waals surface area (Å²) in [7, 11) is 1.21. The van der Waals surface area contributed by atoms with Crippen LogP contribution in [0.5, 0.6) is 5.75 Å². The number of methoxy groups -OCH3 is 1. The molecule has 10 heteroatoms. The number of esters is 1. The lowest BCUT2D eigenvalue weighted by Gasteiger charge is -2.10. The van der Waals surface area contributed by atoms with Crippen LogP contribution in [0.2, 0.25) is 0 Å². The minimum absolute atomic E-state index is 0.0631. The maximum atomic E-state index is 12.2. The van der Waals surface area contributed by atoms with Crippen molar-refractivity contribution in [3.63, 3.8) is 0 Å². The summed E-state index contributed by atoms with van der Waals surface area (Å²) in [6.07, 6.45) is -4.73. The van der Waals surface area contributed by atoms with Crippen LogP contribution in [0.25, 0.3) is 11.1 Å². The lowest BCUT2D eigenvalue weighted by molar-refractivity contribution is -0.274. The lowest BCUT2D eigenvalue weighted by Crippen LogP contribution is -2.30. The highest BCUT2D eigenvalue weighted by Crippen LogP contribution is 2.30. The van der Waals surface area contributed by atoms with Crippen LogP contribution in [0.1, 0.15) is 0 Å². The van der Waals surface area contributed by atoms with Crippen LogP contribution < -0.4 is 21.7 Å². The van der Waals surface area contributed by atoms with E-state index in [0.717, 1.165) is 22.2 Å². The third kappa shape index (κ3) is 5.83. The molecule has 144 valence electrons. The van der Waals surface area contributed by atoms with Crippen LogP contribution in [-0.4, -0.2) is 19.4 Å².